The van der Waals surface area contributed by atoms with Gasteiger partial charge in [-0.3, -0.25) is 4.79 Å². The lowest BCUT2D eigenvalue weighted by molar-refractivity contribution is -0.121. The zero-order valence-electron chi connectivity index (χ0n) is 16.0. The SMILES string of the molecule is COc1cccc(CNC(=O)CCc2ccc(-n3nc(C)cc3C)cc2)c1. The minimum Gasteiger partial charge on any atom is -0.497 e. The number of amides is 1. The molecule has 0 bridgehead atoms. The summed E-state index contributed by atoms with van der Waals surface area (Å²) in [6, 6.07) is 18.0. The first-order chi connectivity index (χ1) is 13.0. The maximum atomic E-state index is 12.1. The molecular formula is C22H25N3O2. The van der Waals surface area contributed by atoms with Gasteiger partial charge in [0.05, 0.1) is 18.5 Å². The first-order valence-corrected chi connectivity index (χ1v) is 9.07. The van der Waals surface area contributed by atoms with E-state index in [1.165, 1.54) is 0 Å². The van der Waals surface area contributed by atoms with Crippen LogP contribution in [-0.2, 0) is 17.8 Å². The fourth-order valence-corrected chi connectivity index (χ4v) is 3.02. The lowest BCUT2D eigenvalue weighted by Crippen LogP contribution is -2.23. The van der Waals surface area contributed by atoms with Crippen LogP contribution in [0.3, 0.4) is 0 Å². The maximum absolute atomic E-state index is 12.1. The molecule has 27 heavy (non-hydrogen) atoms. The second-order valence-corrected chi connectivity index (χ2v) is 6.63. The zero-order valence-corrected chi connectivity index (χ0v) is 16.0. The van der Waals surface area contributed by atoms with Gasteiger partial charge in [-0.15, -0.1) is 0 Å². The van der Waals surface area contributed by atoms with Crippen LogP contribution in [0.5, 0.6) is 5.75 Å². The smallest absolute Gasteiger partial charge is 0.220 e. The molecule has 3 rings (SSSR count). The number of aryl methyl sites for hydroxylation is 3. The summed E-state index contributed by atoms with van der Waals surface area (Å²) in [6.45, 7) is 4.54. The molecule has 0 aliphatic carbocycles. The molecule has 1 aromatic heterocycles. The Morgan fingerprint density at radius 2 is 1.85 bits per heavy atom. The Morgan fingerprint density at radius 3 is 2.52 bits per heavy atom. The number of benzene rings is 2. The van der Waals surface area contributed by atoms with Gasteiger partial charge in [0.25, 0.3) is 0 Å². The summed E-state index contributed by atoms with van der Waals surface area (Å²) in [5.74, 6) is 0.838. The molecule has 3 aromatic rings. The van der Waals surface area contributed by atoms with Crippen LogP contribution >= 0.6 is 0 Å². The molecule has 0 radical (unpaired) electrons. The van der Waals surface area contributed by atoms with Crippen molar-refractivity contribution < 1.29 is 9.53 Å². The largest absolute Gasteiger partial charge is 0.497 e. The van der Waals surface area contributed by atoms with Crippen LogP contribution in [0.1, 0.15) is 28.9 Å². The van der Waals surface area contributed by atoms with E-state index in [0.717, 1.165) is 34.0 Å². The van der Waals surface area contributed by atoms with Gasteiger partial charge in [0, 0.05) is 18.7 Å². The average molecular weight is 363 g/mol. The average Bonchev–Trinajstić information content (AvgIpc) is 3.03. The van der Waals surface area contributed by atoms with Crippen molar-refractivity contribution in [3.8, 4) is 11.4 Å². The minimum absolute atomic E-state index is 0.0421. The van der Waals surface area contributed by atoms with Crippen LogP contribution in [0, 0.1) is 13.8 Å². The number of carbonyl (C=O) groups is 1. The van der Waals surface area contributed by atoms with E-state index >= 15 is 0 Å². The van der Waals surface area contributed by atoms with Crippen molar-refractivity contribution in [2.45, 2.75) is 33.2 Å². The van der Waals surface area contributed by atoms with Crippen molar-refractivity contribution >= 4 is 5.91 Å². The van der Waals surface area contributed by atoms with Gasteiger partial charge in [0.2, 0.25) is 5.91 Å². The third-order valence-electron chi connectivity index (χ3n) is 4.46. The Morgan fingerprint density at radius 1 is 1.07 bits per heavy atom. The highest BCUT2D eigenvalue weighted by Crippen LogP contribution is 2.14. The molecule has 1 amide bonds. The van der Waals surface area contributed by atoms with Crippen molar-refractivity contribution in [1.82, 2.24) is 15.1 Å². The highest BCUT2D eigenvalue weighted by molar-refractivity contribution is 5.76. The van der Waals surface area contributed by atoms with Gasteiger partial charge in [0.15, 0.2) is 0 Å². The number of hydrogen-bond acceptors (Lipinski definition) is 3. The van der Waals surface area contributed by atoms with Gasteiger partial charge < -0.3 is 10.1 Å². The van der Waals surface area contributed by atoms with Crippen LogP contribution in [-0.4, -0.2) is 22.8 Å². The van der Waals surface area contributed by atoms with E-state index in [2.05, 4.69) is 28.6 Å². The second kappa shape index (κ2) is 8.54. The van der Waals surface area contributed by atoms with Crippen molar-refractivity contribution in [2.75, 3.05) is 7.11 Å². The van der Waals surface area contributed by atoms with Crippen molar-refractivity contribution in [3.63, 3.8) is 0 Å². The number of carbonyl (C=O) groups excluding carboxylic acids is 1. The molecule has 0 atom stereocenters. The van der Waals surface area contributed by atoms with Crippen LogP contribution < -0.4 is 10.1 Å². The number of nitrogens with one attached hydrogen (secondary N) is 1. The molecular weight excluding hydrogens is 338 g/mol. The van der Waals surface area contributed by atoms with Crippen molar-refractivity contribution in [1.29, 1.82) is 0 Å². The fourth-order valence-electron chi connectivity index (χ4n) is 3.02. The molecule has 140 valence electrons. The first-order valence-electron chi connectivity index (χ1n) is 9.07. The minimum atomic E-state index is 0.0421. The Kier molecular flexibility index (Phi) is 5.91. The van der Waals surface area contributed by atoms with Crippen LogP contribution in [0.2, 0.25) is 0 Å². The van der Waals surface area contributed by atoms with Gasteiger partial charge in [0.1, 0.15) is 5.75 Å². The van der Waals surface area contributed by atoms with Crippen molar-refractivity contribution in [3.05, 3.63) is 77.1 Å². The van der Waals surface area contributed by atoms with Gasteiger partial charge in [-0.1, -0.05) is 24.3 Å². The van der Waals surface area contributed by atoms with Crippen molar-refractivity contribution in [2.24, 2.45) is 0 Å². The van der Waals surface area contributed by atoms with E-state index in [1.54, 1.807) is 7.11 Å². The van der Waals surface area contributed by atoms with Crippen LogP contribution in [0.25, 0.3) is 5.69 Å². The molecule has 1 N–H and O–H groups in total. The third kappa shape index (κ3) is 4.97. The molecule has 5 nitrogen and oxygen atoms in total. The number of methoxy groups -OCH3 is 1. The molecule has 0 saturated carbocycles. The van der Waals surface area contributed by atoms with E-state index in [0.29, 0.717) is 19.4 Å². The maximum Gasteiger partial charge on any atom is 0.220 e. The Labute approximate surface area is 160 Å². The quantitative estimate of drug-likeness (QED) is 0.696. The van der Waals surface area contributed by atoms with Gasteiger partial charge in [-0.05, 0) is 61.7 Å². The Hall–Kier alpha value is -3.08. The monoisotopic (exact) mass is 363 g/mol. The molecule has 0 saturated heterocycles. The zero-order chi connectivity index (χ0) is 19.2. The third-order valence-corrected chi connectivity index (χ3v) is 4.46. The fraction of sp³-hybridized carbons (Fsp3) is 0.273. The number of rotatable bonds is 7. The number of aromatic nitrogens is 2. The first kappa shape index (κ1) is 18.7. The normalized spacial score (nSPS) is 10.6. The molecule has 1 heterocycles. The topological polar surface area (TPSA) is 56.1 Å². The Balaban J connectivity index is 1.50. The molecule has 0 aliphatic rings. The summed E-state index contributed by atoms with van der Waals surface area (Å²) < 4.78 is 7.13. The summed E-state index contributed by atoms with van der Waals surface area (Å²) in [5.41, 5.74) is 5.31. The molecule has 0 unspecified atom stereocenters. The highest BCUT2D eigenvalue weighted by atomic mass is 16.5. The number of ether oxygens (including phenoxy) is 1. The van der Waals surface area contributed by atoms with E-state index in [9.17, 15) is 4.79 Å². The van der Waals surface area contributed by atoms with E-state index in [4.69, 9.17) is 4.74 Å². The summed E-state index contributed by atoms with van der Waals surface area (Å²) in [4.78, 5) is 12.1. The lowest BCUT2D eigenvalue weighted by atomic mass is 10.1. The number of nitrogens with zero attached hydrogens (tertiary/aromatic N) is 2. The molecule has 5 heteroatoms. The molecule has 0 fully saturated rings. The van der Waals surface area contributed by atoms with E-state index < -0.39 is 0 Å². The predicted molar refractivity (Wildman–Crippen MR) is 106 cm³/mol. The summed E-state index contributed by atoms with van der Waals surface area (Å²) >= 11 is 0. The van der Waals surface area contributed by atoms with Gasteiger partial charge in [-0.25, -0.2) is 4.68 Å². The van der Waals surface area contributed by atoms with Crippen LogP contribution in [0.15, 0.2) is 54.6 Å². The number of hydrogen-bond donors (Lipinski definition) is 1. The van der Waals surface area contributed by atoms with E-state index in [1.807, 2.05) is 54.9 Å². The molecule has 0 spiro atoms. The summed E-state index contributed by atoms with van der Waals surface area (Å²) in [5, 5.41) is 7.45. The standard InChI is InChI=1S/C22H25N3O2/c1-16-13-17(2)25(24-16)20-10-7-18(8-11-20)9-12-22(26)23-15-19-5-4-6-21(14-19)27-3/h4-8,10-11,13-14H,9,12,15H2,1-3H3,(H,23,26). The van der Waals surface area contributed by atoms with Gasteiger partial charge in [-0.2, -0.15) is 5.10 Å². The summed E-state index contributed by atoms with van der Waals surface area (Å²) in [7, 11) is 1.64. The second-order valence-electron chi connectivity index (χ2n) is 6.63. The van der Waals surface area contributed by atoms with Crippen LogP contribution in [0.4, 0.5) is 0 Å². The lowest BCUT2D eigenvalue weighted by Gasteiger charge is -2.08. The van der Waals surface area contributed by atoms with Gasteiger partial charge >= 0.3 is 0 Å². The predicted octanol–water partition coefficient (Wildman–Crippen LogP) is 3.75. The Bertz CT molecular complexity index is 914. The van der Waals surface area contributed by atoms with E-state index in [-0.39, 0.29) is 5.91 Å². The summed E-state index contributed by atoms with van der Waals surface area (Å²) in [6.07, 6.45) is 1.17. The highest BCUT2D eigenvalue weighted by Gasteiger charge is 2.06. The molecule has 0 aliphatic heterocycles. The molecule has 2 aromatic carbocycles.